The van der Waals surface area contributed by atoms with Gasteiger partial charge in [0.1, 0.15) is 6.61 Å². The molecule has 1 saturated heterocycles. The largest absolute Gasteiger partial charge is 0.493 e. The van der Waals surface area contributed by atoms with Gasteiger partial charge in [-0.3, -0.25) is 14.8 Å². The van der Waals surface area contributed by atoms with Crippen LogP contribution in [0.5, 0.6) is 11.5 Å². The van der Waals surface area contributed by atoms with E-state index in [0.29, 0.717) is 23.0 Å². The van der Waals surface area contributed by atoms with Crippen LogP contribution in [0.2, 0.25) is 0 Å². The Morgan fingerprint density at radius 2 is 1.94 bits per heavy atom. The second-order valence-electron chi connectivity index (χ2n) is 8.94. The van der Waals surface area contributed by atoms with E-state index in [9.17, 15) is 4.79 Å². The fraction of sp³-hybridized carbons (Fsp3) is 0.276. The normalized spacial score (nSPS) is 15.7. The number of methoxy groups -OCH3 is 1. The molecule has 35 heavy (non-hydrogen) atoms. The van der Waals surface area contributed by atoms with Crippen LogP contribution in [-0.2, 0) is 13.0 Å². The van der Waals surface area contributed by atoms with Crippen molar-refractivity contribution < 1.29 is 14.3 Å². The van der Waals surface area contributed by atoms with Gasteiger partial charge in [0.25, 0.3) is 5.91 Å². The molecule has 178 valence electrons. The number of piperidine rings is 1. The lowest BCUT2D eigenvalue weighted by Crippen LogP contribution is -2.40. The van der Waals surface area contributed by atoms with Crippen molar-refractivity contribution in [3.8, 4) is 11.5 Å². The van der Waals surface area contributed by atoms with Crippen LogP contribution in [0.4, 0.5) is 0 Å². The molecular formula is C29H29N3O3. The second-order valence-corrected chi connectivity index (χ2v) is 8.94. The molecule has 2 aromatic heterocycles. The first-order valence-electron chi connectivity index (χ1n) is 12.0. The third-order valence-electron chi connectivity index (χ3n) is 6.52. The monoisotopic (exact) mass is 467 g/mol. The van der Waals surface area contributed by atoms with E-state index < -0.39 is 0 Å². The average molecular weight is 468 g/mol. The molecule has 6 nitrogen and oxygen atoms in total. The molecule has 0 saturated carbocycles. The number of hydrogen-bond acceptors (Lipinski definition) is 5. The number of aromatic nitrogens is 2. The maximum atomic E-state index is 13.6. The minimum atomic E-state index is -0.0210. The Balaban J connectivity index is 1.31. The molecule has 1 fully saturated rings. The maximum Gasteiger partial charge on any atom is 0.257 e. The number of hydrogen-bond donors (Lipinski definition) is 0. The van der Waals surface area contributed by atoms with Crippen LogP contribution in [0.1, 0.15) is 34.5 Å². The third-order valence-corrected chi connectivity index (χ3v) is 6.52. The van der Waals surface area contributed by atoms with Gasteiger partial charge in [-0.05, 0) is 73.2 Å². The van der Waals surface area contributed by atoms with E-state index in [1.807, 2.05) is 53.6 Å². The van der Waals surface area contributed by atoms with Gasteiger partial charge in [-0.1, -0.05) is 24.3 Å². The van der Waals surface area contributed by atoms with Gasteiger partial charge in [-0.25, -0.2) is 0 Å². The van der Waals surface area contributed by atoms with E-state index in [2.05, 4.69) is 34.2 Å². The average Bonchev–Trinajstić information content (AvgIpc) is 2.92. The zero-order valence-corrected chi connectivity index (χ0v) is 19.9. The van der Waals surface area contributed by atoms with Crippen LogP contribution in [0, 0.1) is 5.92 Å². The van der Waals surface area contributed by atoms with Crippen molar-refractivity contribution in [1.29, 1.82) is 0 Å². The first-order chi connectivity index (χ1) is 17.2. The molecule has 1 atom stereocenters. The number of carbonyl (C=O) groups excluding carboxylic acids is 1. The summed E-state index contributed by atoms with van der Waals surface area (Å²) in [5.74, 6) is 1.40. The summed E-state index contributed by atoms with van der Waals surface area (Å²) < 4.78 is 11.6. The molecule has 4 aromatic rings. The van der Waals surface area contributed by atoms with E-state index in [0.717, 1.165) is 48.9 Å². The summed E-state index contributed by atoms with van der Waals surface area (Å²) in [7, 11) is 1.59. The standard InChI is InChI=1S/C29H29N3O3/c1-34-27-11-4-10-25(28(27)35-20-24-9-2-3-14-30-24)29(33)32-16-6-7-22(19-32)17-21-12-13-26-23(18-21)8-5-15-31-26/h2-5,8-15,18,22H,6-7,16-17,19-20H2,1H3/t22-/m0/s1. The zero-order valence-electron chi connectivity index (χ0n) is 19.9. The van der Waals surface area contributed by atoms with Gasteiger partial charge in [0.15, 0.2) is 11.5 Å². The molecule has 0 radical (unpaired) electrons. The molecule has 6 heteroatoms. The first kappa shape index (κ1) is 22.8. The molecule has 0 unspecified atom stereocenters. The highest BCUT2D eigenvalue weighted by Crippen LogP contribution is 2.34. The van der Waals surface area contributed by atoms with E-state index in [1.165, 1.54) is 5.56 Å². The highest BCUT2D eigenvalue weighted by atomic mass is 16.5. The number of carbonyl (C=O) groups is 1. The Kier molecular flexibility index (Phi) is 6.89. The van der Waals surface area contributed by atoms with Gasteiger partial charge in [0.05, 0.1) is 23.9 Å². The van der Waals surface area contributed by atoms with Crippen molar-refractivity contribution in [3.63, 3.8) is 0 Å². The van der Waals surface area contributed by atoms with Crippen molar-refractivity contribution in [2.45, 2.75) is 25.9 Å². The molecule has 0 N–H and O–H groups in total. The van der Waals surface area contributed by atoms with Crippen LogP contribution >= 0.6 is 0 Å². The fourth-order valence-electron chi connectivity index (χ4n) is 4.80. The summed E-state index contributed by atoms with van der Waals surface area (Å²) in [4.78, 5) is 24.3. The van der Waals surface area contributed by atoms with E-state index in [4.69, 9.17) is 9.47 Å². The first-order valence-corrected chi connectivity index (χ1v) is 12.0. The number of rotatable bonds is 7. The van der Waals surface area contributed by atoms with Crippen molar-refractivity contribution in [2.24, 2.45) is 5.92 Å². The Bertz CT molecular complexity index is 1310. The van der Waals surface area contributed by atoms with Crippen molar-refractivity contribution in [2.75, 3.05) is 20.2 Å². The molecule has 1 amide bonds. The summed E-state index contributed by atoms with van der Waals surface area (Å²) >= 11 is 0. The highest BCUT2D eigenvalue weighted by Gasteiger charge is 2.28. The summed E-state index contributed by atoms with van der Waals surface area (Å²) in [5.41, 5.74) is 3.61. The molecule has 0 bridgehead atoms. The minimum absolute atomic E-state index is 0.0210. The van der Waals surface area contributed by atoms with Crippen molar-refractivity contribution in [1.82, 2.24) is 14.9 Å². The van der Waals surface area contributed by atoms with Gasteiger partial charge in [0, 0.05) is 30.9 Å². The topological polar surface area (TPSA) is 64.5 Å². The molecule has 1 aliphatic rings. The van der Waals surface area contributed by atoms with Crippen molar-refractivity contribution in [3.05, 3.63) is 95.9 Å². The number of nitrogens with zero attached hydrogens (tertiary/aromatic N) is 3. The van der Waals surface area contributed by atoms with Crippen LogP contribution in [0.15, 0.2) is 79.1 Å². The predicted molar refractivity (Wildman–Crippen MR) is 136 cm³/mol. The Labute approximate surface area is 205 Å². The van der Waals surface area contributed by atoms with Crippen LogP contribution in [0.25, 0.3) is 10.9 Å². The SMILES string of the molecule is COc1cccc(C(=O)N2CCC[C@@H](Cc3ccc4ncccc4c3)C2)c1OCc1ccccn1. The van der Waals surface area contributed by atoms with Gasteiger partial charge in [-0.15, -0.1) is 0 Å². The summed E-state index contributed by atoms with van der Waals surface area (Å²) in [6.45, 7) is 1.73. The Hall–Kier alpha value is -3.93. The minimum Gasteiger partial charge on any atom is -0.493 e. The van der Waals surface area contributed by atoms with E-state index in [1.54, 1.807) is 13.3 Å². The van der Waals surface area contributed by atoms with E-state index >= 15 is 0 Å². The third kappa shape index (κ3) is 5.27. The smallest absolute Gasteiger partial charge is 0.257 e. The number of amides is 1. The Morgan fingerprint density at radius 3 is 2.80 bits per heavy atom. The summed E-state index contributed by atoms with van der Waals surface area (Å²) in [6.07, 6.45) is 6.58. The highest BCUT2D eigenvalue weighted by molar-refractivity contribution is 5.98. The van der Waals surface area contributed by atoms with Crippen LogP contribution < -0.4 is 9.47 Å². The quantitative estimate of drug-likeness (QED) is 0.368. The van der Waals surface area contributed by atoms with Crippen molar-refractivity contribution >= 4 is 16.8 Å². The zero-order chi connectivity index (χ0) is 24.0. The summed E-state index contributed by atoms with van der Waals surface area (Å²) in [6, 6.07) is 21.7. The van der Waals surface area contributed by atoms with E-state index in [-0.39, 0.29) is 12.5 Å². The lowest BCUT2D eigenvalue weighted by atomic mass is 9.90. The molecule has 0 spiro atoms. The van der Waals surface area contributed by atoms with Gasteiger partial charge >= 0.3 is 0 Å². The number of ether oxygens (including phenoxy) is 2. The van der Waals surface area contributed by atoms with Gasteiger partial charge < -0.3 is 14.4 Å². The van der Waals surface area contributed by atoms with Gasteiger partial charge in [-0.2, -0.15) is 0 Å². The number of pyridine rings is 2. The molecule has 2 aromatic carbocycles. The lowest BCUT2D eigenvalue weighted by Gasteiger charge is -2.33. The number of para-hydroxylation sites is 1. The van der Waals surface area contributed by atoms with Gasteiger partial charge in [0.2, 0.25) is 0 Å². The van der Waals surface area contributed by atoms with Crippen LogP contribution in [-0.4, -0.2) is 41.0 Å². The Morgan fingerprint density at radius 1 is 1.03 bits per heavy atom. The molecule has 1 aliphatic heterocycles. The number of benzene rings is 2. The number of fused-ring (bicyclic) bond motifs is 1. The molecule has 3 heterocycles. The molecule has 0 aliphatic carbocycles. The molecule has 5 rings (SSSR count). The lowest BCUT2D eigenvalue weighted by molar-refractivity contribution is 0.0667. The van der Waals surface area contributed by atoms with Crippen LogP contribution in [0.3, 0.4) is 0 Å². The fourth-order valence-corrected chi connectivity index (χ4v) is 4.80. The second kappa shape index (κ2) is 10.6. The number of likely N-dealkylation sites (tertiary alicyclic amines) is 1. The molecular weight excluding hydrogens is 438 g/mol. The summed E-state index contributed by atoms with van der Waals surface area (Å²) in [5, 5.41) is 1.15. The maximum absolute atomic E-state index is 13.6. The predicted octanol–water partition coefficient (Wildman–Crippen LogP) is 5.31.